The highest BCUT2D eigenvalue weighted by atomic mass is 32.1. The van der Waals surface area contributed by atoms with Gasteiger partial charge in [-0.1, -0.05) is 12.1 Å². The number of nitrogens with one attached hydrogen (secondary N) is 1. The lowest BCUT2D eigenvalue weighted by atomic mass is 10.1. The number of carbonyl (C=O) groups is 1. The topological polar surface area (TPSA) is 54.9 Å². The van der Waals surface area contributed by atoms with Gasteiger partial charge in [0.1, 0.15) is 0 Å². The van der Waals surface area contributed by atoms with Crippen LogP contribution in [0.5, 0.6) is 0 Å². The number of alkyl halides is 3. The maximum atomic E-state index is 12.5. The Morgan fingerprint density at radius 3 is 2.46 bits per heavy atom. The maximum Gasteiger partial charge on any atom is 0.416 e. The van der Waals surface area contributed by atoms with Crippen LogP contribution in [-0.4, -0.2) is 22.4 Å². The molecule has 0 saturated carbocycles. The van der Waals surface area contributed by atoms with E-state index in [9.17, 15) is 18.0 Å². The second-order valence-electron chi connectivity index (χ2n) is 6.19. The van der Waals surface area contributed by atoms with E-state index in [1.807, 2.05) is 17.5 Å². The highest BCUT2D eigenvalue weighted by molar-refractivity contribution is 7.09. The van der Waals surface area contributed by atoms with Gasteiger partial charge in [0, 0.05) is 36.3 Å². The molecule has 1 amide bonds. The van der Waals surface area contributed by atoms with Gasteiger partial charge in [0.05, 0.1) is 22.7 Å². The van der Waals surface area contributed by atoms with Crippen molar-refractivity contribution >= 4 is 17.2 Å². The first kappa shape index (κ1) is 20.0. The Labute approximate surface area is 164 Å². The van der Waals surface area contributed by atoms with Gasteiger partial charge in [0.2, 0.25) is 5.91 Å². The van der Waals surface area contributed by atoms with Crippen LogP contribution in [0.1, 0.15) is 22.6 Å². The predicted octanol–water partition coefficient (Wildman–Crippen LogP) is 4.52. The number of pyridine rings is 1. The van der Waals surface area contributed by atoms with Crippen molar-refractivity contribution in [3.63, 3.8) is 0 Å². The number of thiazole rings is 1. The largest absolute Gasteiger partial charge is 0.416 e. The Hall–Kier alpha value is -2.74. The summed E-state index contributed by atoms with van der Waals surface area (Å²) < 4.78 is 37.6. The second-order valence-corrected chi connectivity index (χ2v) is 7.13. The Bertz CT molecular complexity index is 908. The van der Waals surface area contributed by atoms with E-state index >= 15 is 0 Å². The summed E-state index contributed by atoms with van der Waals surface area (Å²) in [7, 11) is 0. The fraction of sp³-hybridized carbons (Fsp3) is 0.250. The molecule has 146 valence electrons. The van der Waals surface area contributed by atoms with Crippen molar-refractivity contribution in [3.8, 4) is 11.3 Å². The zero-order chi connectivity index (χ0) is 20.0. The number of benzene rings is 1. The van der Waals surface area contributed by atoms with Crippen molar-refractivity contribution in [3.05, 3.63) is 70.3 Å². The maximum absolute atomic E-state index is 12.5. The van der Waals surface area contributed by atoms with E-state index in [0.717, 1.165) is 41.2 Å². The summed E-state index contributed by atoms with van der Waals surface area (Å²) in [5.41, 5.74) is 1.76. The first-order chi connectivity index (χ1) is 13.4. The number of rotatable bonds is 7. The average molecular weight is 405 g/mol. The minimum atomic E-state index is -4.37. The van der Waals surface area contributed by atoms with Crippen molar-refractivity contribution in [2.75, 3.05) is 6.54 Å². The first-order valence-corrected chi connectivity index (χ1v) is 9.57. The first-order valence-electron chi connectivity index (χ1n) is 8.69. The summed E-state index contributed by atoms with van der Waals surface area (Å²) in [5, 5.41) is 5.78. The molecule has 0 fully saturated rings. The van der Waals surface area contributed by atoms with Gasteiger partial charge in [-0.2, -0.15) is 13.2 Å². The van der Waals surface area contributed by atoms with Gasteiger partial charge in [0.25, 0.3) is 0 Å². The molecule has 28 heavy (non-hydrogen) atoms. The Kier molecular flexibility index (Phi) is 6.41. The summed E-state index contributed by atoms with van der Waals surface area (Å²) in [6.45, 7) is 0.490. The Morgan fingerprint density at radius 2 is 1.79 bits per heavy atom. The molecule has 2 aromatic heterocycles. The lowest BCUT2D eigenvalue weighted by molar-refractivity contribution is -0.137. The normalized spacial score (nSPS) is 11.4. The average Bonchev–Trinajstić information content (AvgIpc) is 3.15. The summed E-state index contributed by atoms with van der Waals surface area (Å²) in [4.78, 5) is 20.5. The summed E-state index contributed by atoms with van der Waals surface area (Å²) in [6.07, 6.45) is 0.620. The summed E-state index contributed by atoms with van der Waals surface area (Å²) in [6, 6.07) is 8.45. The molecule has 0 aliphatic carbocycles. The Balaban J connectivity index is 1.41. The number of carbonyl (C=O) groups excluding carboxylic acids is 1. The molecule has 0 radical (unpaired) electrons. The van der Waals surface area contributed by atoms with Gasteiger partial charge < -0.3 is 5.32 Å². The van der Waals surface area contributed by atoms with Gasteiger partial charge in [0.15, 0.2) is 0 Å². The molecule has 0 bridgehead atoms. The van der Waals surface area contributed by atoms with Crippen LogP contribution in [-0.2, 0) is 23.8 Å². The predicted molar refractivity (Wildman–Crippen MR) is 102 cm³/mol. The van der Waals surface area contributed by atoms with E-state index in [1.165, 1.54) is 12.1 Å². The number of nitrogens with zero attached hydrogens (tertiary/aromatic N) is 2. The molecule has 4 nitrogen and oxygen atoms in total. The third kappa shape index (κ3) is 5.63. The molecule has 0 aliphatic heterocycles. The van der Waals surface area contributed by atoms with Gasteiger partial charge in [-0.15, -0.1) is 11.3 Å². The van der Waals surface area contributed by atoms with E-state index in [-0.39, 0.29) is 12.3 Å². The number of aromatic nitrogens is 2. The molecular weight excluding hydrogens is 387 g/mol. The van der Waals surface area contributed by atoms with Crippen LogP contribution in [0.4, 0.5) is 13.2 Å². The minimum Gasteiger partial charge on any atom is -0.356 e. The van der Waals surface area contributed by atoms with E-state index in [4.69, 9.17) is 0 Å². The monoisotopic (exact) mass is 405 g/mol. The molecule has 1 N–H and O–H groups in total. The van der Waals surface area contributed by atoms with E-state index in [0.29, 0.717) is 12.1 Å². The van der Waals surface area contributed by atoms with Crippen molar-refractivity contribution in [1.29, 1.82) is 0 Å². The van der Waals surface area contributed by atoms with Crippen LogP contribution in [0.25, 0.3) is 11.3 Å². The fourth-order valence-electron chi connectivity index (χ4n) is 2.61. The molecule has 3 aromatic rings. The highest BCUT2D eigenvalue weighted by Gasteiger charge is 2.29. The van der Waals surface area contributed by atoms with Crippen LogP contribution in [0.15, 0.2) is 54.2 Å². The van der Waals surface area contributed by atoms with Crippen LogP contribution < -0.4 is 5.32 Å². The zero-order valence-corrected chi connectivity index (χ0v) is 15.7. The Morgan fingerprint density at radius 1 is 1.07 bits per heavy atom. The van der Waals surface area contributed by atoms with Crippen LogP contribution in [0.2, 0.25) is 0 Å². The smallest absolute Gasteiger partial charge is 0.356 e. The quantitative estimate of drug-likeness (QED) is 0.588. The molecule has 0 spiro atoms. The second kappa shape index (κ2) is 8.97. The third-order valence-electron chi connectivity index (χ3n) is 4.06. The standard InChI is InChI=1S/C20H18F3N3OS/c21-20(22,23)16-5-3-14(4-6-16)12-18(27)25-9-1-2-19-26-17(13-28-19)15-7-10-24-11-8-15/h3-8,10-11,13H,1-2,9,12H2,(H,25,27). The highest BCUT2D eigenvalue weighted by Crippen LogP contribution is 2.29. The molecule has 8 heteroatoms. The lowest BCUT2D eigenvalue weighted by Gasteiger charge is -2.08. The van der Waals surface area contributed by atoms with Crippen LogP contribution in [0.3, 0.4) is 0 Å². The van der Waals surface area contributed by atoms with Crippen molar-refractivity contribution in [2.45, 2.75) is 25.4 Å². The number of hydrogen-bond donors (Lipinski definition) is 1. The zero-order valence-electron chi connectivity index (χ0n) is 14.9. The molecule has 0 aliphatic rings. The number of aryl methyl sites for hydroxylation is 1. The van der Waals surface area contributed by atoms with Crippen LogP contribution in [0, 0.1) is 0 Å². The molecular formula is C20H18F3N3OS. The fourth-order valence-corrected chi connectivity index (χ4v) is 3.46. The molecule has 0 saturated heterocycles. The molecule has 0 atom stereocenters. The molecule has 1 aromatic carbocycles. The number of hydrogen-bond acceptors (Lipinski definition) is 4. The lowest BCUT2D eigenvalue weighted by Crippen LogP contribution is -2.26. The molecule has 3 rings (SSSR count). The van der Waals surface area contributed by atoms with Gasteiger partial charge in [-0.05, 0) is 36.2 Å². The SMILES string of the molecule is O=C(Cc1ccc(C(F)(F)F)cc1)NCCCc1nc(-c2ccncc2)cs1. The minimum absolute atomic E-state index is 0.0571. The number of halogens is 3. The number of amides is 1. The van der Waals surface area contributed by atoms with Gasteiger partial charge in [-0.25, -0.2) is 4.98 Å². The van der Waals surface area contributed by atoms with Crippen molar-refractivity contribution in [1.82, 2.24) is 15.3 Å². The van der Waals surface area contributed by atoms with Crippen molar-refractivity contribution < 1.29 is 18.0 Å². The third-order valence-corrected chi connectivity index (χ3v) is 4.97. The van der Waals surface area contributed by atoms with Crippen LogP contribution >= 0.6 is 11.3 Å². The summed E-state index contributed by atoms with van der Waals surface area (Å²) in [5.74, 6) is -0.212. The van der Waals surface area contributed by atoms with Crippen molar-refractivity contribution in [2.24, 2.45) is 0 Å². The van der Waals surface area contributed by atoms with E-state index in [1.54, 1.807) is 23.7 Å². The summed E-state index contributed by atoms with van der Waals surface area (Å²) >= 11 is 1.57. The van der Waals surface area contributed by atoms with E-state index in [2.05, 4.69) is 15.3 Å². The molecule has 0 unspecified atom stereocenters. The van der Waals surface area contributed by atoms with Gasteiger partial charge in [-0.3, -0.25) is 9.78 Å². The van der Waals surface area contributed by atoms with E-state index < -0.39 is 11.7 Å². The van der Waals surface area contributed by atoms with Gasteiger partial charge >= 0.3 is 6.18 Å². The molecule has 2 heterocycles.